The summed E-state index contributed by atoms with van der Waals surface area (Å²) < 4.78 is 5.20. The molecule has 0 aromatic carbocycles. The van der Waals surface area contributed by atoms with Crippen molar-refractivity contribution in [1.82, 2.24) is 10.6 Å². The molecule has 1 aliphatic rings. The Morgan fingerprint density at radius 2 is 1.93 bits per heavy atom. The lowest BCUT2D eigenvalue weighted by molar-refractivity contribution is 0.0460. The number of carbonyl (C=O) groups is 1. The van der Waals surface area contributed by atoms with Crippen LogP contribution in [0.1, 0.15) is 33.6 Å². The summed E-state index contributed by atoms with van der Waals surface area (Å²) in [7, 11) is 0. The van der Waals surface area contributed by atoms with E-state index in [0.717, 1.165) is 25.9 Å². The van der Waals surface area contributed by atoms with Gasteiger partial charge in [0.05, 0.1) is 0 Å². The highest BCUT2D eigenvalue weighted by Gasteiger charge is 2.30. The number of alkyl carbamates (subject to hydrolysis) is 1. The number of piperidine rings is 1. The van der Waals surface area contributed by atoms with Crippen LogP contribution in [0.3, 0.4) is 0 Å². The topological polar surface area (TPSA) is 50.4 Å². The van der Waals surface area contributed by atoms with Crippen molar-refractivity contribution in [2.45, 2.75) is 44.8 Å². The predicted molar refractivity (Wildman–Crippen MR) is 59.6 cm³/mol. The van der Waals surface area contributed by atoms with Gasteiger partial charge in [-0.25, -0.2) is 4.79 Å². The molecule has 87 valence electrons. The van der Waals surface area contributed by atoms with Crippen LogP contribution in [0.2, 0.25) is 0 Å². The first-order valence-corrected chi connectivity index (χ1v) is 5.38. The fourth-order valence-electron chi connectivity index (χ4n) is 1.55. The normalized spacial score (nSPS) is 20.8. The molecule has 1 fully saturated rings. The van der Waals surface area contributed by atoms with Crippen LogP contribution in [0, 0.1) is 6.92 Å². The minimum atomic E-state index is -0.451. The molecule has 1 amide bonds. The van der Waals surface area contributed by atoms with Crippen LogP contribution < -0.4 is 10.6 Å². The monoisotopic (exact) mass is 213 g/mol. The van der Waals surface area contributed by atoms with Gasteiger partial charge < -0.3 is 15.4 Å². The first-order valence-electron chi connectivity index (χ1n) is 5.38. The van der Waals surface area contributed by atoms with Crippen molar-refractivity contribution in [3.8, 4) is 0 Å². The third kappa shape index (κ3) is 4.51. The quantitative estimate of drug-likeness (QED) is 0.693. The second-order valence-electron chi connectivity index (χ2n) is 5.16. The van der Waals surface area contributed by atoms with Gasteiger partial charge in [-0.3, -0.25) is 0 Å². The summed E-state index contributed by atoms with van der Waals surface area (Å²) in [5, 5.41) is 6.07. The van der Waals surface area contributed by atoms with Gasteiger partial charge in [-0.1, -0.05) is 0 Å². The number of hydrogen-bond donors (Lipinski definition) is 2. The van der Waals surface area contributed by atoms with E-state index in [1.165, 1.54) is 0 Å². The van der Waals surface area contributed by atoms with E-state index in [9.17, 15) is 4.79 Å². The third-order valence-electron chi connectivity index (χ3n) is 2.33. The molecule has 1 aliphatic heterocycles. The van der Waals surface area contributed by atoms with E-state index in [2.05, 4.69) is 17.6 Å². The first-order chi connectivity index (χ1) is 6.81. The molecule has 0 saturated carbocycles. The highest BCUT2D eigenvalue weighted by atomic mass is 16.6. The van der Waals surface area contributed by atoms with Gasteiger partial charge in [-0.05, 0) is 53.6 Å². The number of hydrogen-bond acceptors (Lipinski definition) is 3. The molecule has 0 unspecified atom stereocenters. The number of amides is 1. The molecular weight excluding hydrogens is 192 g/mol. The van der Waals surface area contributed by atoms with Crippen LogP contribution in [-0.4, -0.2) is 30.3 Å². The average molecular weight is 213 g/mol. The van der Waals surface area contributed by atoms with Crippen molar-refractivity contribution >= 4 is 6.09 Å². The SMILES string of the molecule is [CH2]C1(NC(=O)OC(C)(C)C)CCNCC1. The van der Waals surface area contributed by atoms with Gasteiger partial charge in [0.1, 0.15) is 5.60 Å². The molecule has 0 aromatic heterocycles. The van der Waals surface area contributed by atoms with Crippen molar-refractivity contribution in [3.63, 3.8) is 0 Å². The minimum Gasteiger partial charge on any atom is -0.444 e. The summed E-state index contributed by atoms with van der Waals surface area (Å²) in [5.41, 5.74) is -0.819. The fraction of sp³-hybridized carbons (Fsp3) is 0.818. The molecule has 0 atom stereocenters. The second kappa shape index (κ2) is 4.39. The van der Waals surface area contributed by atoms with Gasteiger partial charge in [0, 0.05) is 5.54 Å². The molecule has 1 heterocycles. The Kier molecular flexibility index (Phi) is 3.60. The smallest absolute Gasteiger partial charge is 0.408 e. The zero-order valence-corrected chi connectivity index (χ0v) is 9.85. The van der Waals surface area contributed by atoms with Gasteiger partial charge >= 0.3 is 6.09 Å². The molecule has 0 bridgehead atoms. The predicted octanol–water partition coefficient (Wildman–Crippen LogP) is 1.47. The van der Waals surface area contributed by atoms with Crippen LogP contribution in [0.5, 0.6) is 0 Å². The van der Waals surface area contributed by atoms with Crippen molar-refractivity contribution in [2.75, 3.05) is 13.1 Å². The van der Waals surface area contributed by atoms with Crippen molar-refractivity contribution < 1.29 is 9.53 Å². The summed E-state index contributed by atoms with van der Waals surface area (Å²) in [6.07, 6.45) is 1.30. The van der Waals surface area contributed by atoms with E-state index in [0.29, 0.717) is 0 Å². The average Bonchev–Trinajstić information content (AvgIpc) is 1.99. The van der Waals surface area contributed by atoms with Crippen LogP contribution in [0.4, 0.5) is 4.79 Å². The van der Waals surface area contributed by atoms with E-state index in [1.807, 2.05) is 20.8 Å². The van der Waals surface area contributed by atoms with E-state index in [-0.39, 0.29) is 11.6 Å². The zero-order chi connectivity index (χ0) is 11.5. The summed E-state index contributed by atoms with van der Waals surface area (Å²) in [5.74, 6) is 0. The minimum absolute atomic E-state index is 0.367. The molecule has 1 saturated heterocycles. The third-order valence-corrected chi connectivity index (χ3v) is 2.33. The standard InChI is InChI=1S/C11H21N2O2/c1-10(2,3)15-9(14)13-11(4)5-7-12-8-6-11/h12H,4-8H2,1-3H3,(H,13,14). The van der Waals surface area contributed by atoms with Gasteiger partial charge in [0.25, 0.3) is 0 Å². The molecule has 2 N–H and O–H groups in total. The molecule has 1 rings (SSSR count). The van der Waals surface area contributed by atoms with Crippen molar-refractivity contribution in [3.05, 3.63) is 6.92 Å². The second-order valence-corrected chi connectivity index (χ2v) is 5.16. The number of ether oxygens (including phenoxy) is 1. The summed E-state index contributed by atoms with van der Waals surface area (Å²) in [4.78, 5) is 11.5. The number of rotatable bonds is 1. The van der Waals surface area contributed by atoms with Gasteiger partial charge in [-0.15, -0.1) is 0 Å². The molecule has 15 heavy (non-hydrogen) atoms. The van der Waals surface area contributed by atoms with Gasteiger partial charge in [0.15, 0.2) is 0 Å². The Bertz CT molecular complexity index is 227. The Balaban J connectivity index is 2.42. The molecule has 4 heteroatoms. The van der Waals surface area contributed by atoms with Crippen molar-refractivity contribution in [2.24, 2.45) is 0 Å². The van der Waals surface area contributed by atoms with Gasteiger partial charge in [0.2, 0.25) is 0 Å². The molecule has 1 radical (unpaired) electrons. The maximum absolute atomic E-state index is 11.5. The summed E-state index contributed by atoms with van der Waals surface area (Å²) >= 11 is 0. The fourth-order valence-corrected chi connectivity index (χ4v) is 1.55. The van der Waals surface area contributed by atoms with E-state index >= 15 is 0 Å². The Hall–Kier alpha value is -0.770. The molecular formula is C11H21N2O2. The molecule has 0 aliphatic carbocycles. The van der Waals surface area contributed by atoms with Gasteiger partial charge in [-0.2, -0.15) is 0 Å². The zero-order valence-electron chi connectivity index (χ0n) is 9.85. The maximum atomic E-state index is 11.5. The lowest BCUT2D eigenvalue weighted by Gasteiger charge is -2.35. The van der Waals surface area contributed by atoms with E-state index < -0.39 is 5.60 Å². The van der Waals surface area contributed by atoms with Crippen LogP contribution in [0.25, 0.3) is 0 Å². The highest BCUT2D eigenvalue weighted by molar-refractivity contribution is 5.69. The summed E-state index contributed by atoms with van der Waals surface area (Å²) in [6.45, 7) is 11.4. The molecule has 0 spiro atoms. The Labute approximate surface area is 91.8 Å². The molecule has 0 aromatic rings. The van der Waals surface area contributed by atoms with Crippen molar-refractivity contribution in [1.29, 1.82) is 0 Å². The Morgan fingerprint density at radius 3 is 2.40 bits per heavy atom. The van der Waals surface area contributed by atoms with Crippen LogP contribution in [0.15, 0.2) is 0 Å². The lowest BCUT2D eigenvalue weighted by Crippen LogP contribution is -2.53. The number of nitrogens with one attached hydrogen (secondary N) is 2. The van der Waals surface area contributed by atoms with Crippen LogP contribution >= 0.6 is 0 Å². The van der Waals surface area contributed by atoms with Crippen LogP contribution in [-0.2, 0) is 4.74 Å². The Morgan fingerprint density at radius 1 is 1.40 bits per heavy atom. The summed E-state index contributed by atoms with van der Waals surface area (Å²) in [6, 6.07) is 0. The largest absolute Gasteiger partial charge is 0.444 e. The van der Waals surface area contributed by atoms with E-state index in [1.54, 1.807) is 0 Å². The highest BCUT2D eigenvalue weighted by Crippen LogP contribution is 2.17. The molecule has 4 nitrogen and oxygen atoms in total. The van der Waals surface area contributed by atoms with E-state index in [4.69, 9.17) is 4.74 Å². The maximum Gasteiger partial charge on any atom is 0.408 e. The lowest BCUT2D eigenvalue weighted by atomic mass is 9.91. The first kappa shape index (κ1) is 12.3. The number of carbonyl (C=O) groups excluding carboxylic acids is 1.